The molecule has 136 valence electrons. The number of alkyl halides is 9. The molecule has 0 aromatic heterocycles. The average Bonchev–Trinajstić information content (AvgIpc) is 2.36. The monoisotopic (exact) mass is 362 g/mol. The average molecular weight is 362 g/mol. The zero-order valence-electron chi connectivity index (χ0n) is 11.3. The van der Waals surface area contributed by atoms with Crippen LogP contribution in [-0.2, 0) is 4.79 Å². The summed E-state index contributed by atoms with van der Waals surface area (Å²) in [6, 6.07) is 0. The smallest absolute Gasteiger partial charge is 0.460 e. The molecule has 0 aliphatic heterocycles. The van der Waals surface area contributed by atoms with E-state index in [2.05, 4.69) is 0 Å². The lowest BCUT2D eigenvalue weighted by Gasteiger charge is -2.35. The standard InChI is InChI=1S/C11H11F9O3/c1-5(7(22)23)6(3-2-4-21)8(12,13)9(14,15)10(16,17)11(18,19)20/h21H,2-4H2,1H3,(H,22,23). The predicted molar refractivity (Wildman–Crippen MR) is 57.6 cm³/mol. The van der Waals surface area contributed by atoms with E-state index in [0.717, 1.165) is 0 Å². The number of carboxylic acids is 1. The molecule has 23 heavy (non-hydrogen) atoms. The van der Waals surface area contributed by atoms with Gasteiger partial charge >= 0.3 is 29.9 Å². The summed E-state index contributed by atoms with van der Waals surface area (Å²) in [7, 11) is 0. The van der Waals surface area contributed by atoms with Crippen molar-refractivity contribution in [3.63, 3.8) is 0 Å². The largest absolute Gasteiger partial charge is 0.478 e. The fourth-order valence-corrected chi connectivity index (χ4v) is 1.53. The van der Waals surface area contributed by atoms with Gasteiger partial charge in [-0.1, -0.05) is 0 Å². The number of hydrogen-bond donors (Lipinski definition) is 2. The second kappa shape index (κ2) is 6.57. The van der Waals surface area contributed by atoms with Crippen molar-refractivity contribution >= 4 is 5.97 Å². The topological polar surface area (TPSA) is 57.5 Å². The Morgan fingerprint density at radius 1 is 0.913 bits per heavy atom. The van der Waals surface area contributed by atoms with Crippen LogP contribution in [0.15, 0.2) is 11.1 Å². The van der Waals surface area contributed by atoms with E-state index in [4.69, 9.17) is 10.2 Å². The maximum atomic E-state index is 13.7. The second-order valence-electron chi connectivity index (χ2n) is 4.46. The van der Waals surface area contributed by atoms with E-state index in [1.807, 2.05) is 0 Å². The first-order chi connectivity index (χ1) is 10.1. The zero-order valence-corrected chi connectivity index (χ0v) is 11.3. The quantitative estimate of drug-likeness (QED) is 0.537. The Hall–Kier alpha value is -1.46. The minimum absolute atomic E-state index is 0.352. The van der Waals surface area contributed by atoms with Crippen molar-refractivity contribution in [1.29, 1.82) is 0 Å². The van der Waals surface area contributed by atoms with Gasteiger partial charge in [-0.05, 0) is 19.8 Å². The Morgan fingerprint density at radius 3 is 1.65 bits per heavy atom. The number of hydrogen-bond acceptors (Lipinski definition) is 2. The molecule has 0 aliphatic rings. The van der Waals surface area contributed by atoms with Crippen LogP contribution in [0, 0.1) is 0 Å². The number of allylic oxidation sites excluding steroid dienone is 1. The van der Waals surface area contributed by atoms with Gasteiger partial charge in [0, 0.05) is 17.8 Å². The van der Waals surface area contributed by atoms with Gasteiger partial charge in [0.25, 0.3) is 0 Å². The lowest BCUT2D eigenvalue weighted by atomic mass is 9.90. The Balaban J connectivity index is 6.26. The molecule has 0 aromatic carbocycles. The SMILES string of the molecule is CC(C(=O)O)=C(CCCO)C(F)(F)C(F)(F)C(F)(F)C(F)(F)F. The van der Waals surface area contributed by atoms with Crippen molar-refractivity contribution < 1.29 is 54.5 Å². The molecule has 3 nitrogen and oxygen atoms in total. The van der Waals surface area contributed by atoms with Gasteiger partial charge in [-0.15, -0.1) is 0 Å². The highest BCUT2D eigenvalue weighted by Gasteiger charge is 2.82. The molecule has 0 aliphatic carbocycles. The number of halogens is 9. The van der Waals surface area contributed by atoms with E-state index >= 15 is 0 Å². The molecule has 0 bridgehead atoms. The lowest BCUT2D eigenvalue weighted by Crippen LogP contribution is -2.61. The van der Waals surface area contributed by atoms with Crippen molar-refractivity contribution in [2.24, 2.45) is 0 Å². The van der Waals surface area contributed by atoms with Gasteiger partial charge < -0.3 is 10.2 Å². The fourth-order valence-electron chi connectivity index (χ4n) is 1.53. The normalized spacial score (nSPS) is 15.4. The number of aliphatic hydroxyl groups excluding tert-OH is 1. The molecular weight excluding hydrogens is 351 g/mol. The Bertz CT molecular complexity index is 480. The van der Waals surface area contributed by atoms with Crippen LogP contribution in [0.2, 0.25) is 0 Å². The number of aliphatic carboxylic acids is 1. The minimum atomic E-state index is -7.10. The highest BCUT2D eigenvalue weighted by Crippen LogP contribution is 2.56. The third-order valence-corrected chi connectivity index (χ3v) is 2.88. The summed E-state index contributed by atoms with van der Waals surface area (Å²) in [4.78, 5) is 10.6. The van der Waals surface area contributed by atoms with Crippen molar-refractivity contribution in [1.82, 2.24) is 0 Å². The molecule has 0 atom stereocenters. The van der Waals surface area contributed by atoms with Gasteiger partial charge in [-0.3, -0.25) is 0 Å². The zero-order chi connectivity index (χ0) is 18.9. The van der Waals surface area contributed by atoms with Gasteiger partial charge in [-0.25, -0.2) is 4.79 Å². The molecule has 0 rings (SSSR count). The molecule has 0 fully saturated rings. The number of carbonyl (C=O) groups is 1. The van der Waals surface area contributed by atoms with Crippen LogP contribution in [0.3, 0.4) is 0 Å². The van der Waals surface area contributed by atoms with E-state index in [0.29, 0.717) is 6.92 Å². The molecule has 0 radical (unpaired) electrons. The summed E-state index contributed by atoms with van der Waals surface area (Å²) in [5, 5.41) is 17.0. The summed E-state index contributed by atoms with van der Waals surface area (Å²) in [5.41, 5.74) is -3.63. The van der Waals surface area contributed by atoms with Crippen LogP contribution in [0.4, 0.5) is 39.5 Å². The maximum Gasteiger partial charge on any atom is 0.460 e. The third kappa shape index (κ3) is 3.72. The molecule has 0 spiro atoms. The van der Waals surface area contributed by atoms with Gasteiger partial charge in [0.2, 0.25) is 0 Å². The molecule has 0 heterocycles. The summed E-state index contributed by atoms with van der Waals surface area (Å²) in [6.45, 7) is -0.557. The summed E-state index contributed by atoms with van der Waals surface area (Å²) < 4.78 is 115. The van der Waals surface area contributed by atoms with E-state index in [-0.39, 0.29) is 0 Å². The molecule has 0 aromatic rings. The predicted octanol–water partition coefficient (Wildman–Crippen LogP) is 3.63. The van der Waals surface area contributed by atoms with Gasteiger partial charge in [0.05, 0.1) is 0 Å². The van der Waals surface area contributed by atoms with E-state index < -0.39 is 60.5 Å². The van der Waals surface area contributed by atoms with Crippen molar-refractivity contribution in [3.8, 4) is 0 Å². The van der Waals surface area contributed by atoms with E-state index in [1.165, 1.54) is 0 Å². The molecule has 12 heteroatoms. The fraction of sp³-hybridized carbons (Fsp3) is 0.727. The first kappa shape index (κ1) is 21.5. The van der Waals surface area contributed by atoms with Crippen LogP contribution < -0.4 is 0 Å². The molecular formula is C11H11F9O3. The van der Waals surface area contributed by atoms with Crippen molar-refractivity contribution in [2.45, 2.75) is 43.7 Å². The van der Waals surface area contributed by atoms with Gasteiger partial charge in [0.1, 0.15) is 0 Å². The lowest BCUT2D eigenvalue weighted by molar-refractivity contribution is -0.390. The number of aliphatic hydroxyl groups is 1. The molecule has 0 saturated heterocycles. The molecule has 0 saturated carbocycles. The molecule has 2 N–H and O–H groups in total. The van der Waals surface area contributed by atoms with Crippen molar-refractivity contribution in [2.75, 3.05) is 6.61 Å². The van der Waals surface area contributed by atoms with Gasteiger partial charge in [-0.2, -0.15) is 39.5 Å². The highest BCUT2D eigenvalue weighted by atomic mass is 19.4. The van der Waals surface area contributed by atoms with Crippen LogP contribution in [0.25, 0.3) is 0 Å². The first-order valence-electron chi connectivity index (χ1n) is 5.80. The van der Waals surface area contributed by atoms with E-state index in [9.17, 15) is 44.3 Å². The molecule has 0 amide bonds. The maximum absolute atomic E-state index is 13.7. The Morgan fingerprint density at radius 2 is 1.35 bits per heavy atom. The van der Waals surface area contributed by atoms with Crippen LogP contribution in [0.1, 0.15) is 19.8 Å². The molecule has 0 unspecified atom stereocenters. The summed E-state index contributed by atoms with van der Waals surface area (Å²) >= 11 is 0. The number of rotatable bonds is 7. The van der Waals surface area contributed by atoms with Gasteiger partial charge in [0.15, 0.2) is 0 Å². The first-order valence-corrected chi connectivity index (χ1v) is 5.80. The summed E-state index contributed by atoms with van der Waals surface area (Å²) in [5.74, 6) is -22.3. The second-order valence-corrected chi connectivity index (χ2v) is 4.46. The Labute approximate surface area is 123 Å². The third-order valence-electron chi connectivity index (χ3n) is 2.88. The minimum Gasteiger partial charge on any atom is -0.478 e. The van der Waals surface area contributed by atoms with Crippen LogP contribution in [0.5, 0.6) is 0 Å². The van der Waals surface area contributed by atoms with Crippen LogP contribution >= 0.6 is 0 Å². The Kier molecular flexibility index (Phi) is 6.16. The summed E-state index contributed by atoms with van der Waals surface area (Å²) in [6.07, 6.45) is -9.05. The highest BCUT2D eigenvalue weighted by molar-refractivity contribution is 5.87. The van der Waals surface area contributed by atoms with E-state index in [1.54, 1.807) is 0 Å². The number of carboxylic acid groups (broad SMARTS) is 1. The van der Waals surface area contributed by atoms with Crippen molar-refractivity contribution in [3.05, 3.63) is 11.1 Å². The van der Waals surface area contributed by atoms with Crippen LogP contribution in [-0.4, -0.2) is 46.7 Å².